The van der Waals surface area contributed by atoms with Crippen molar-refractivity contribution in [3.05, 3.63) is 0 Å². The van der Waals surface area contributed by atoms with Crippen molar-refractivity contribution in [2.45, 2.75) is 70.4 Å². The van der Waals surface area contributed by atoms with Crippen molar-refractivity contribution in [3.63, 3.8) is 0 Å². The Hall–Kier alpha value is -1.32. The van der Waals surface area contributed by atoms with Gasteiger partial charge in [0.2, 0.25) is 13.3 Å². The summed E-state index contributed by atoms with van der Waals surface area (Å²) in [6.45, 7) is 6.69. The van der Waals surface area contributed by atoms with E-state index in [-0.39, 0.29) is 12.3 Å². The zero-order valence-electron chi connectivity index (χ0n) is 16.3. The molecule has 11 heteroatoms. The maximum atomic E-state index is 12.7. The first kappa shape index (κ1) is 25.7. The standard InChI is InChI=1S/C16H33N4O6P/c1-5-6-16(19,13(21)11(18)7-9(2)3)15(24)20-12(14(22)23)8-27(25,26)10(4)17/h9-12H,5-8,17-19H2,1-4H3,(H,20,24)(H,22,23)(H,25,26)/t10?,11-,12?,16+/m0/s1. The second-order valence-corrected chi connectivity index (χ2v) is 10.1. The Labute approximate surface area is 159 Å². The number of carboxylic acid groups (broad SMARTS) is 1. The van der Waals surface area contributed by atoms with E-state index in [2.05, 4.69) is 5.32 Å². The minimum Gasteiger partial charge on any atom is -0.480 e. The van der Waals surface area contributed by atoms with Gasteiger partial charge in [0.1, 0.15) is 6.04 Å². The summed E-state index contributed by atoms with van der Waals surface area (Å²) in [5.41, 5.74) is 15.3. The predicted molar refractivity (Wildman–Crippen MR) is 102 cm³/mol. The van der Waals surface area contributed by atoms with Gasteiger partial charge in [-0.3, -0.25) is 14.2 Å². The zero-order valence-corrected chi connectivity index (χ0v) is 17.2. The van der Waals surface area contributed by atoms with Gasteiger partial charge in [-0.1, -0.05) is 27.2 Å². The second-order valence-electron chi connectivity index (χ2n) is 7.36. The van der Waals surface area contributed by atoms with Gasteiger partial charge in [0.25, 0.3) is 0 Å². The quantitative estimate of drug-likeness (QED) is 0.183. The van der Waals surface area contributed by atoms with E-state index in [0.29, 0.717) is 12.8 Å². The van der Waals surface area contributed by atoms with Crippen LogP contribution in [0.5, 0.6) is 0 Å². The van der Waals surface area contributed by atoms with Gasteiger partial charge in [-0.15, -0.1) is 0 Å². The summed E-state index contributed by atoms with van der Waals surface area (Å²) in [5, 5.41) is 11.4. The molecule has 1 amide bonds. The average molecular weight is 408 g/mol. The molecule has 0 saturated heterocycles. The first-order chi connectivity index (χ1) is 12.2. The third kappa shape index (κ3) is 7.31. The fourth-order valence-electron chi connectivity index (χ4n) is 2.59. The number of carbonyl (C=O) groups is 3. The molecule has 9 N–H and O–H groups in total. The third-order valence-corrected chi connectivity index (χ3v) is 6.40. The van der Waals surface area contributed by atoms with Crippen molar-refractivity contribution < 1.29 is 28.9 Å². The van der Waals surface area contributed by atoms with Crippen LogP contribution in [0.1, 0.15) is 47.0 Å². The first-order valence-corrected chi connectivity index (χ1v) is 10.8. The van der Waals surface area contributed by atoms with Crippen molar-refractivity contribution in [2.24, 2.45) is 23.1 Å². The smallest absolute Gasteiger partial charge is 0.326 e. The van der Waals surface area contributed by atoms with Crippen LogP contribution in [0, 0.1) is 5.92 Å². The molecular weight excluding hydrogens is 375 g/mol. The minimum absolute atomic E-state index is 0.0418. The lowest BCUT2D eigenvalue weighted by atomic mass is 9.83. The van der Waals surface area contributed by atoms with E-state index in [1.165, 1.54) is 6.92 Å². The van der Waals surface area contributed by atoms with Gasteiger partial charge < -0.3 is 32.5 Å². The SMILES string of the molecule is CCC[C@](N)(C(=O)NC(CP(=O)(O)C(C)N)C(=O)O)C(=O)[C@@H](N)CC(C)C. The number of hydrogen-bond donors (Lipinski definition) is 6. The van der Waals surface area contributed by atoms with E-state index in [4.69, 9.17) is 17.2 Å². The average Bonchev–Trinajstić information content (AvgIpc) is 2.52. The van der Waals surface area contributed by atoms with Crippen LogP contribution in [0.25, 0.3) is 0 Å². The van der Waals surface area contributed by atoms with Gasteiger partial charge >= 0.3 is 5.97 Å². The van der Waals surface area contributed by atoms with Crippen LogP contribution in [0.2, 0.25) is 0 Å². The largest absolute Gasteiger partial charge is 0.480 e. The number of Topliss-reactive ketones (excluding diaryl/α,β-unsaturated/α-hetero) is 1. The van der Waals surface area contributed by atoms with Gasteiger partial charge in [-0.2, -0.15) is 0 Å². The number of rotatable bonds is 12. The van der Waals surface area contributed by atoms with Crippen LogP contribution in [0.15, 0.2) is 0 Å². The zero-order chi connectivity index (χ0) is 21.6. The molecule has 0 aliphatic rings. The van der Waals surface area contributed by atoms with Crippen LogP contribution in [0.4, 0.5) is 0 Å². The number of nitrogens with one attached hydrogen (secondary N) is 1. The molecule has 3 unspecified atom stereocenters. The highest BCUT2D eigenvalue weighted by Crippen LogP contribution is 2.44. The molecule has 0 spiro atoms. The molecule has 0 aromatic carbocycles. The molecule has 0 aromatic heterocycles. The molecule has 0 aromatic rings. The fraction of sp³-hybridized carbons (Fsp3) is 0.812. The van der Waals surface area contributed by atoms with Crippen molar-refractivity contribution in [1.82, 2.24) is 5.32 Å². The van der Waals surface area contributed by atoms with Crippen molar-refractivity contribution in [3.8, 4) is 0 Å². The van der Waals surface area contributed by atoms with Crippen LogP contribution in [-0.4, -0.2) is 57.2 Å². The Morgan fingerprint density at radius 3 is 2.07 bits per heavy atom. The number of nitrogens with two attached hydrogens (primary N) is 3. The summed E-state index contributed by atoms with van der Waals surface area (Å²) in [7, 11) is -4.03. The molecule has 0 fully saturated rings. The van der Waals surface area contributed by atoms with Gasteiger partial charge in [0, 0.05) is 0 Å². The van der Waals surface area contributed by atoms with E-state index in [0.717, 1.165) is 0 Å². The summed E-state index contributed by atoms with van der Waals surface area (Å²) in [6.07, 6.45) is -0.131. The van der Waals surface area contributed by atoms with Gasteiger partial charge in [0.05, 0.1) is 18.0 Å². The molecular formula is C16H33N4O6P. The predicted octanol–water partition coefficient (Wildman–Crippen LogP) is -0.429. The van der Waals surface area contributed by atoms with E-state index in [1.54, 1.807) is 6.92 Å². The molecule has 27 heavy (non-hydrogen) atoms. The highest BCUT2D eigenvalue weighted by molar-refractivity contribution is 7.58. The normalized spacial score (nSPS) is 19.4. The molecule has 0 radical (unpaired) electrons. The summed E-state index contributed by atoms with van der Waals surface area (Å²) in [6, 6.07) is -2.70. The molecule has 0 rings (SSSR count). The minimum atomic E-state index is -4.03. The molecule has 5 atom stereocenters. The summed E-state index contributed by atoms with van der Waals surface area (Å²) in [5.74, 6) is -4.34. The lowest BCUT2D eigenvalue weighted by Gasteiger charge is -2.31. The number of ketones is 1. The molecule has 158 valence electrons. The van der Waals surface area contributed by atoms with Crippen LogP contribution >= 0.6 is 7.37 Å². The van der Waals surface area contributed by atoms with Gasteiger partial charge in [-0.05, 0) is 25.7 Å². The van der Waals surface area contributed by atoms with Crippen molar-refractivity contribution in [1.29, 1.82) is 0 Å². The summed E-state index contributed by atoms with van der Waals surface area (Å²) >= 11 is 0. The Bertz CT molecular complexity index is 597. The van der Waals surface area contributed by atoms with Gasteiger partial charge in [-0.25, -0.2) is 4.79 Å². The number of carbonyl (C=O) groups excluding carboxylic acids is 2. The molecule has 0 saturated carbocycles. The highest BCUT2D eigenvalue weighted by Gasteiger charge is 2.45. The number of amides is 1. The van der Waals surface area contributed by atoms with E-state index < -0.39 is 54.6 Å². The Kier molecular flexibility index (Phi) is 9.78. The monoisotopic (exact) mass is 408 g/mol. The molecule has 10 nitrogen and oxygen atoms in total. The van der Waals surface area contributed by atoms with Crippen LogP contribution in [0.3, 0.4) is 0 Å². The Morgan fingerprint density at radius 1 is 1.19 bits per heavy atom. The van der Waals surface area contributed by atoms with E-state index in [1.807, 2.05) is 13.8 Å². The maximum Gasteiger partial charge on any atom is 0.326 e. The maximum absolute atomic E-state index is 12.7. The fourth-order valence-corrected chi connectivity index (χ4v) is 3.69. The molecule has 0 aliphatic carbocycles. The first-order valence-electron chi connectivity index (χ1n) is 8.88. The summed E-state index contributed by atoms with van der Waals surface area (Å²) in [4.78, 5) is 46.6. The molecule has 0 heterocycles. The summed E-state index contributed by atoms with van der Waals surface area (Å²) < 4.78 is 12.0. The second kappa shape index (κ2) is 10.3. The molecule has 0 bridgehead atoms. The lowest BCUT2D eigenvalue weighted by Crippen LogP contribution is -2.65. The van der Waals surface area contributed by atoms with Gasteiger partial charge in [0.15, 0.2) is 11.3 Å². The van der Waals surface area contributed by atoms with E-state index >= 15 is 0 Å². The number of aliphatic carboxylic acids is 1. The Morgan fingerprint density at radius 2 is 1.70 bits per heavy atom. The van der Waals surface area contributed by atoms with Crippen LogP contribution in [-0.2, 0) is 18.9 Å². The third-order valence-electron chi connectivity index (χ3n) is 4.24. The van der Waals surface area contributed by atoms with Crippen molar-refractivity contribution in [2.75, 3.05) is 6.16 Å². The highest BCUT2D eigenvalue weighted by atomic mass is 31.2. The number of hydrogen-bond acceptors (Lipinski definition) is 7. The topological polar surface area (TPSA) is 199 Å². The van der Waals surface area contributed by atoms with Crippen molar-refractivity contribution >= 4 is 25.0 Å². The van der Waals surface area contributed by atoms with Crippen LogP contribution < -0.4 is 22.5 Å². The van der Waals surface area contributed by atoms with E-state index in [9.17, 15) is 28.9 Å². The lowest BCUT2D eigenvalue weighted by molar-refractivity contribution is -0.144. The molecule has 0 aliphatic heterocycles. The number of carboxylic acids is 1. The Balaban J connectivity index is 5.58.